The summed E-state index contributed by atoms with van der Waals surface area (Å²) in [5.41, 5.74) is 3.85. The fourth-order valence-corrected chi connectivity index (χ4v) is 4.68. The Hall–Kier alpha value is -3.29. The third-order valence-corrected chi connectivity index (χ3v) is 6.60. The van der Waals surface area contributed by atoms with Gasteiger partial charge in [-0.2, -0.15) is 0 Å². The van der Waals surface area contributed by atoms with Crippen molar-refractivity contribution in [3.63, 3.8) is 0 Å². The number of hydrogen-bond donors (Lipinski definition) is 1. The molecule has 0 spiro atoms. The monoisotopic (exact) mass is 474 g/mol. The Kier molecular flexibility index (Phi) is 8.45. The van der Waals surface area contributed by atoms with Gasteiger partial charge in [0.15, 0.2) is 0 Å². The molecule has 1 aromatic heterocycles. The molecule has 1 amide bonds. The first-order valence-electron chi connectivity index (χ1n) is 12.3. The lowest BCUT2D eigenvalue weighted by molar-refractivity contribution is -0.117. The average Bonchev–Trinajstić information content (AvgIpc) is 3.53. The van der Waals surface area contributed by atoms with Crippen molar-refractivity contribution in [1.29, 1.82) is 0 Å². The quantitative estimate of drug-likeness (QED) is 0.414. The van der Waals surface area contributed by atoms with Gasteiger partial charge in [0.25, 0.3) is 0 Å². The van der Waals surface area contributed by atoms with Gasteiger partial charge in [0, 0.05) is 44.4 Å². The Balaban J connectivity index is 1.31. The summed E-state index contributed by atoms with van der Waals surface area (Å²) >= 11 is 0. The van der Waals surface area contributed by atoms with Crippen molar-refractivity contribution in [3.05, 3.63) is 89.8 Å². The molecule has 184 valence electrons. The first-order chi connectivity index (χ1) is 17.1. The molecule has 7 nitrogen and oxygen atoms in total. The number of methoxy groups -OCH3 is 1. The van der Waals surface area contributed by atoms with Gasteiger partial charge < -0.3 is 14.7 Å². The van der Waals surface area contributed by atoms with Crippen LogP contribution in [0, 0.1) is 5.92 Å². The van der Waals surface area contributed by atoms with Crippen molar-refractivity contribution in [1.82, 2.24) is 15.0 Å². The van der Waals surface area contributed by atoms with Crippen LogP contribution in [0.3, 0.4) is 0 Å². The molecule has 1 N–H and O–H groups in total. The van der Waals surface area contributed by atoms with E-state index in [2.05, 4.69) is 41.5 Å². The van der Waals surface area contributed by atoms with Crippen molar-refractivity contribution >= 4 is 11.6 Å². The number of aromatic nitrogens is 3. The Morgan fingerprint density at radius 2 is 1.89 bits per heavy atom. The summed E-state index contributed by atoms with van der Waals surface area (Å²) in [6.07, 6.45) is 8.54. The fraction of sp³-hybridized carbons (Fsp3) is 0.393. The smallest absolute Gasteiger partial charge is 0.227 e. The number of aliphatic hydroxyl groups excluding tert-OH is 1. The van der Waals surface area contributed by atoms with Crippen LogP contribution < -0.4 is 4.90 Å². The number of carbonyl (C=O) groups excluding carboxylic acids is 1. The number of nitrogens with zero attached hydrogens (tertiary/aromatic N) is 4. The van der Waals surface area contributed by atoms with Gasteiger partial charge in [0.1, 0.15) is 0 Å². The predicted molar refractivity (Wildman–Crippen MR) is 136 cm³/mol. The highest BCUT2D eigenvalue weighted by Gasteiger charge is 2.23. The van der Waals surface area contributed by atoms with Gasteiger partial charge in [-0.1, -0.05) is 66.8 Å². The number of ether oxygens (including phenoxy) is 1. The molecular weight excluding hydrogens is 440 g/mol. The lowest BCUT2D eigenvalue weighted by Crippen LogP contribution is -2.23. The van der Waals surface area contributed by atoms with Crippen LogP contribution in [0.2, 0.25) is 0 Å². The Labute approximate surface area is 207 Å². The first kappa shape index (κ1) is 24.8. The molecule has 1 aliphatic rings. The lowest BCUT2D eigenvalue weighted by Gasteiger charge is -2.22. The number of aryl methyl sites for hydroxylation is 1. The second-order valence-electron chi connectivity index (χ2n) is 9.03. The van der Waals surface area contributed by atoms with Crippen LogP contribution in [0.4, 0.5) is 5.69 Å². The molecule has 1 saturated heterocycles. The van der Waals surface area contributed by atoms with Gasteiger partial charge in [-0.3, -0.25) is 9.48 Å². The molecule has 3 atom stereocenters. The van der Waals surface area contributed by atoms with Crippen LogP contribution in [-0.4, -0.2) is 46.3 Å². The number of hydrogen-bond acceptors (Lipinski definition) is 5. The number of carbonyl (C=O) groups is 1. The maximum Gasteiger partial charge on any atom is 0.227 e. The van der Waals surface area contributed by atoms with Crippen LogP contribution in [0.15, 0.2) is 72.9 Å². The highest BCUT2D eigenvalue weighted by atomic mass is 16.5. The zero-order valence-electron chi connectivity index (χ0n) is 20.5. The minimum absolute atomic E-state index is 0.00610. The molecule has 4 rings (SSSR count). The molecule has 0 saturated carbocycles. The SMILES string of the molecule is CO[C@@H](c1ccc(N2CCCC2=O)cc1)[C@@H](C)/C=C/CCn1cc(C(CO)c2ccccc2)nn1. The maximum atomic E-state index is 12.0. The summed E-state index contributed by atoms with van der Waals surface area (Å²) in [6, 6.07) is 18.0. The second kappa shape index (κ2) is 11.9. The summed E-state index contributed by atoms with van der Waals surface area (Å²) in [4.78, 5) is 13.8. The van der Waals surface area contributed by atoms with Crippen molar-refractivity contribution in [2.75, 3.05) is 25.2 Å². The molecule has 1 unspecified atom stereocenters. The topological polar surface area (TPSA) is 80.5 Å². The van der Waals surface area contributed by atoms with Gasteiger partial charge in [0.05, 0.1) is 24.3 Å². The van der Waals surface area contributed by atoms with Crippen molar-refractivity contribution in [2.24, 2.45) is 5.92 Å². The van der Waals surface area contributed by atoms with E-state index in [0.29, 0.717) is 13.0 Å². The Bertz CT molecular complexity index is 1110. The van der Waals surface area contributed by atoms with E-state index in [9.17, 15) is 9.90 Å². The van der Waals surface area contributed by atoms with E-state index in [0.717, 1.165) is 41.9 Å². The van der Waals surface area contributed by atoms with Gasteiger partial charge in [0.2, 0.25) is 5.91 Å². The number of allylic oxidation sites excluding steroid dienone is 1. The minimum Gasteiger partial charge on any atom is -0.395 e. The van der Waals surface area contributed by atoms with Crippen LogP contribution in [-0.2, 0) is 16.1 Å². The number of anilines is 1. The lowest BCUT2D eigenvalue weighted by atomic mass is 9.96. The van der Waals surface area contributed by atoms with Gasteiger partial charge in [-0.25, -0.2) is 0 Å². The molecule has 0 aliphatic carbocycles. The number of benzene rings is 2. The molecule has 2 heterocycles. The third kappa shape index (κ3) is 6.05. The average molecular weight is 475 g/mol. The summed E-state index contributed by atoms with van der Waals surface area (Å²) < 4.78 is 7.62. The molecule has 7 heteroatoms. The number of rotatable bonds is 11. The van der Waals surface area contributed by atoms with Crippen molar-refractivity contribution < 1.29 is 14.6 Å². The number of amides is 1. The van der Waals surface area contributed by atoms with E-state index in [-0.39, 0.29) is 30.5 Å². The maximum absolute atomic E-state index is 12.0. The third-order valence-electron chi connectivity index (χ3n) is 6.60. The molecule has 1 fully saturated rings. The largest absolute Gasteiger partial charge is 0.395 e. The molecule has 3 aromatic rings. The summed E-state index contributed by atoms with van der Waals surface area (Å²) in [6.45, 7) is 3.64. The van der Waals surface area contributed by atoms with Gasteiger partial charge in [-0.15, -0.1) is 5.10 Å². The van der Waals surface area contributed by atoms with E-state index >= 15 is 0 Å². The highest BCUT2D eigenvalue weighted by molar-refractivity contribution is 5.95. The van der Waals surface area contributed by atoms with Crippen LogP contribution >= 0.6 is 0 Å². The zero-order chi connectivity index (χ0) is 24.6. The van der Waals surface area contributed by atoms with Crippen LogP contribution in [0.25, 0.3) is 0 Å². The van der Waals surface area contributed by atoms with Gasteiger partial charge in [-0.05, 0) is 36.1 Å². The minimum atomic E-state index is -0.169. The van der Waals surface area contributed by atoms with E-state index in [4.69, 9.17) is 4.74 Å². The van der Waals surface area contributed by atoms with Gasteiger partial charge >= 0.3 is 0 Å². The molecule has 0 radical (unpaired) electrons. The summed E-state index contributed by atoms with van der Waals surface area (Å²) in [5.74, 6) is 0.212. The van der Waals surface area contributed by atoms with E-state index in [1.165, 1.54) is 0 Å². The number of aliphatic hydroxyl groups is 1. The van der Waals surface area contributed by atoms with E-state index in [1.807, 2.05) is 58.2 Å². The van der Waals surface area contributed by atoms with E-state index < -0.39 is 0 Å². The molecule has 2 aromatic carbocycles. The van der Waals surface area contributed by atoms with Crippen LogP contribution in [0.1, 0.15) is 55.0 Å². The highest BCUT2D eigenvalue weighted by Crippen LogP contribution is 2.29. The van der Waals surface area contributed by atoms with Crippen molar-refractivity contribution in [2.45, 2.75) is 44.8 Å². The molecular formula is C28H34N4O3. The molecule has 0 bridgehead atoms. The predicted octanol–water partition coefficient (Wildman–Crippen LogP) is 4.50. The summed E-state index contributed by atoms with van der Waals surface area (Å²) in [7, 11) is 1.73. The van der Waals surface area contributed by atoms with Crippen LogP contribution in [0.5, 0.6) is 0 Å². The molecule has 1 aliphatic heterocycles. The molecule has 35 heavy (non-hydrogen) atoms. The first-order valence-corrected chi connectivity index (χ1v) is 12.3. The van der Waals surface area contributed by atoms with Crippen molar-refractivity contribution in [3.8, 4) is 0 Å². The summed E-state index contributed by atoms with van der Waals surface area (Å²) in [5, 5.41) is 18.4. The normalized spacial score (nSPS) is 16.7. The fourth-order valence-electron chi connectivity index (χ4n) is 4.68. The zero-order valence-corrected chi connectivity index (χ0v) is 20.5. The van der Waals surface area contributed by atoms with E-state index in [1.54, 1.807) is 7.11 Å². The second-order valence-corrected chi connectivity index (χ2v) is 9.03. The standard InChI is InChI=1S/C28H34N4O3/c1-21(28(35-2)23-13-15-24(16-14-23)32-18-8-12-27(32)34)9-6-7-17-31-19-26(29-30-31)25(20-33)22-10-4-3-5-11-22/h3-6,9-11,13-16,19,21,25,28,33H,7-8,12,17-18,20H2,1-2H3/b9-6+/t21-,25?,28+/m0/s1. The Morgan fingerprint density at radius 3 is 2.54 bits per heavy atom. The Morgan fingerprint density at radius 1 is 1.11 bits per heavy atom.